The van der Waals surface area contributed by atoms with Gasteiger partial charge in [-0.2, -0.15) is 0 Å². The molecule has 194 valence electrons. The number of hydrogen-bond donors (Lipinski definition) is 0. The molecule has 0 saturated carbocycles. The van der Waals surface area contributed by atoms with E-state index >= 15 is 4.57 Å². The Balaban J connectivity index is 0.000000384. The van der Waals surface area contributed by atoms with Gasteiger partial charge < -0.3 is 9.30 Å². The first kappa shape index (κ1) is 26.8. The third kappa shape index (κ3) is 5.01. The monoisotopic (exact) mass is 548 g/mol. The number of para-hydroxylation sites is 2. The average molecular weight is 549 g/mol. The number of hydrogen-bond acceptors (Lipinski definition) is 3. The van der Waals surface area contributed by atoms with Gasteiger partial charge in [0.15, 0.2) is 15.6 Å². The molecule has 0 N–H and O–H groups in total. The van der Waals surface area contributed by atoms with Crippen molar-refractivity contribution >= 4 is 36.8 Å². The van der Waals surface area contributed by atoms with E-state index < -0.39 is 12.6 Å². The summed E-state index contributed by atoms with van der Waals surface area (Å²) >= 11 is 0. The van der Waals surface area contributed by atoms with E-state index in [0.717, 1.165) is 21.7 Å². The molecule has 5 aromatic carbocycles. The maximum Gasteiger partial charge on any atom is 0.196 e. The highest BCUT2D eigenvalue weighted by atomic mass is 31.2. The molecule has 0 aliphatic carbocycles. The van der Waals surface area contributed by atoms with Crippen molar-refractivity contribution in [2.75, 3.05) is 0 Å². The summed E-state index contributed by atoms with van der Waals surface area (Å²) in [5, 5.41) is 2.75. The van der Waals surface area contributed by atoms with Crippen LogP contribution in [0.3, 0.4) is 0 Å². The Morgan fingerprint density at radius 2 is 1.10 bits per heavy atom. The molecule has 3 nitrogen and oxygen atoms in total. The van der Waals surface area contributed by atoms with Gasteiger partial charge in [0.2, 0.25) is 0 Å². The van der Waals surface area contributed by atoms with Crippen LogP contribution >= 0.6 is 15.6 Å². The molecule has 0 fully saturated rings. The van der Waals surface area contributed by atoms with Crippen LogP contribution in [0.25, 0.3) is 0 Å². The number of benzene rings is 5. The van der Waals surface area contributed by atoms with E-state index in [0.29, 0.717) is 22.1 Å². The molecule has 0 radical (unpaired) electrons. The van der Waals surface area contributed by atoms with E-state index in [4.69, 9.17) is 4.74 Å². The molecule has 0 amide bonds. The second-order valence-electron chi connectivity index (χ2n) is 10.1. The largest absolute Gasteiger partial charge is 0.455 e. The van der Waals surface area contributed by atoms with E-state index in [1.54, 1.807) is 6.07 Å². The maximum atomic E-state index is 15.0. The third-order valence-corrected chi connectivity index (χ3v) is 10.8. The van der Waals surface area contributed by atoms with E-state index in [1.165, 1.54) is 5.56 Å². The van der Waals surface area contributed by atoms with Crippen molar-refractivity contribution in [1.29, 1.82) is 0 Å². The molecule has 1 aliphatic heterocycles. The van der Waals surface area contributed by atoms with Crippen LogP contribution in [0.1, 0.15) is 30.5 Å². The highest BCUT2D eigenvalue weighted by Crippen LogP contribution is 2.52. The average Bonchev–Trinajstić information content (AvgIpc) is 2.98. The van der Waals surface area contributed by atoms with Crippen LogP contribution in [0.4, 0.5) is 0 Å². The number of fused-ring (bicyclic) bond motifs is 2. The molecule has 0 spiro atoms. The second kappa shape index (κ2) is 11.1. The van der Waals surface area contributed by atoms with Crippen molar-refractivity contribution in [2.24, 2.45) is 0 Å². The van der Waals surface area contributed by atoms with Gasteiger partial charge in [0.25, 0.3) is 0 Å². The molecule has 39 heavy (non-hydrogen) atoms. The van der Waals surface area contributed by atoms with E-state index in [2.05, 4.69) is 32.9 Å². The van der Waals surface area contributed by atoms with Gasteiger partial charge >= 0.3 is 0 Å². The highest BCUT2D eigenvalue weighted by molar-refractivity contribution is 7.85. The SMILES string of the molecule is CC1(C)c2cccc(P=O)c2Oc2c1cccc2P(=O)(c1ccccc1)c1ccccc1.Cc1ccccc1. The summed E-state index contributed by atoms with van der Waals surface area (Å²) in [5.74, 6) is 1.18. The Bertz CT molecular complexity index is 1600. The van der Waals surface area contributed by atoms with Crippen LogP contribution in [0.5, 0.6) is 11.5 Å². The van der Waals surface area contributed by atoms with Gasteiger partial charge in [0.05, 0.1) is 10.6 Å². The van der Waals surface area contributed by atoms with Gasteiger partial charge in [0.1, 0.15) is 11.5 Å². The molecule has 0 bridgehead atoms. The predicted octanol–water partition coefficient (Wildman–Crippen LogP) is 7.67. The molecule has 5 aromatic rings. The van der Waals surface area contributed by atoms with Crippen LogP contribution < -0.4 is 26.0 Å². The summed E-state index contributed by atoms with van der Waals surface area (Å²) in [7, 11) is -3.34. The second-order valence-corrected chi connectivity index (χ2v) is 13.5. The van der Waals surface area contributed by atoms with Crippen LogP contribution in [-0.4, -0.2) is 0 Å². The molecule has 6 rings (SSSR count). The standard InChI is InChI=1S/C27H22O3P2.C7H8/c1-27(2)21-15-9-17-23(31-28)25(21)30-26-22(27)16-10-18-24(26)32(29,19-11-5-3-6-12-19)20-13-7-4-8-14-20;1-7-5-3-2-4-6-7/h3-18H,1-2H3;2-6H,1H3. The molecular formula is C34H30O3P2. The van der Waals surface area contributed by atoms with Crippen LogP contribution in [0.15, 0.2) is 127 Å². The minimum Gasteiger partial charge on any atom is -0.455 e. The zero-order valence-electron chi connectivity index (χ0n) is 22.2. The smallest absolute Gasteiger partial charge is 0.196 e. The lowest BCUT2D eigenvalue weighted by molar-refractivity contribution is 0.424. The minimum absolute atomic E-state index is 0.106. The van der Waals surface area contributed by atoms with Gasteiger partial charge in [-0.25, -0.2) is 0 Å². The fraction of sp³-hybridized carbons (Fsp3) is 0.118. The summed E-state index contributed by atoms with van der Waals surface area (Å²) < 4.78 is 33.4. The molecule has 0 aromatic heterocycles. The van der Waals surface area contributed by atoms with Crippen LogP contribution in [0.2, 0.25) is 0 Å². The molecule has 5 heteroatoms. The molecule has 1 heterocycles. The molecule has 0 atom stereocenters. The Kier molecular flexibility index (Phi) is 7.67. The number of rotatable bonds is 4. The van der Waals surface area contributed by atoms with Gasteiger partial charge in [-0.15, -0.1) is 0 Å². The normalized spacial score (nSPS) is 13.3. The summed E-state index contributed by atoms with van der Waals surface area (Å²) in [6.07, 6.45) is 0. The summed E-state index contributed by atoms with van der Waals surface area (Å²) in [6.45, 7) is 6.33. The first-order valence-corrected chi connectivity index (χ1v) is 15.4. The summed E-state index contributed by atoms with van der Waals surface area (Å²) in [5.41, 5.74) is 2.85. The molecular weight excluding hydrogens is 518 g/mol. The van der Waals surface area contributed by atoms with Crippen molar-refractivity contribution < 1.29 is 13.9 Å². The van der Waals surface area contributed by atoms with Gasteiger partial charge in [0, 0.05) is 27.2 Å². The van der Waals surface area contributed by atoms with E-state index in [1.807, 2.05) is 109 Å². The van der Waals surface area contributed by atoms with E-state index in [-0.39, 0.29) is 8.46 Å². The predicted molar refractivity (Wildman–Crippen MR) is 163 cm³/mol. The van der Waals surface area contributed by atoms with Gasteiger partial charge in [-0.1, -0.05) is 135 Å². The van der Waals surface area contributed by atoms with Crippen LogP contribution in [-0.2, 0) is 14.5 Å². The fourth-order valence-corrected chi connectivity index (χ4v) is 8.24. The van der Waals surface area contributed by atoms with Crippen molar-refractivity contribution in [2.45, 2.75) is 26.2 Å². The lowest BCUT2D eigenvalue weighted by Gasteiger charge is -2.37. The Labute approximate surface area is 232 Å². The minimum atomic E-state index is -3.23. The lowest BCUT2D eigenvalue weighted by Crippen LogP contribution is -2.32. The van der Waals surface area contributed by atoms with Crippen molar-refractivity contribution in [3.8, 4) is 11.5 Å². The van der Waals surface area contributed by atoms with Crippen LogP contribution in [0, 0.1) is 6.92 Å². The van der Waals surface area contributed by atoms with Crippen molar-refractivity contribution in [3.05, 3.63) is 144 Å². The topological polar surface area (TPSA) is 43.4 Å². The first-order valence-electron chi connectivity index (χ1n) is 12.9. The van der Waals surface area contributed by atoms with Gasteiger partial charge in [-0.3, -0.25) is 4.57 Å². The quantitative estimate of drug-likeness (QED) is 0.217. The van der Waals surface area contributed by atoms with Gasteiger partial charge in [-0.05, 0) is 19.1 Å². The fourth-order valence-electron chi connectivity index (χ4n) is 5.05. The maximum absolute atomic E-state index is 15.0. The summed E-state index contributed by atoms with van der Waals surface area (Å²) in [6, 6.07) is 41.0. The summed E-state index contributed by atoms with van der Waals surface area (Å²) in [4.78, 5) is 0. The Hall–Kier alpha value is -3.77. The molecule has 0 unspecified atom stereocenters. The molecule has 1 aliphatic rings. The highest BCUT2D eigenvalue weighted by Gasteiger charge is 2.41. The number of aryl methyl sites for hydroxylation is 1. The lowest BCUT2D eigenvalue weighted by atomic mass is 9.76. The number of ether oxygens (including phenoxy) is 1. The zero-order valence-corrected chi connectivity index (χ0v) is 24.0. The third-order valence-electron chi connectivity index (χ3n) is 7.16. The Morgan fingerprint density at radius 3 is 1.59 bits per heavy atom. The first-order chi connectivity index (χ1) is 18.9. The van der Waals surface area contributed by atoms with Crippen molar-refractivity contribution in [1.82, 2.24) is 0 Å². The Morgan fingerprint density at radius 1 is 0.615 bits per heavy atom. The van der Waals surface area contributed by atoms with E-state index in [9.17, 15) is 4.57 Å². The van der Waals surface area contributed by atoms with Crippen molar-refractivity contribution in [3.63, 3.8) is 0 Å². The molecule has 0 saturated heterocycles. The zero-order chi connectivity index (χ0) is 27.5.